The molecule has 0 spiro atoms. The van der Waals surface area contributed by atoms with Gasteiger partial charge in [-0.15, -0.1) is 0 Å². The SMILES string of the molecule is CN1c2cc(C(=O)NCc3ccccc3Cl)ccc2C(=O)N2CCCC21. The summed E-state index contributed by atoms with van der Waals surface area (Å²) in [4.78, 5) is 29.2. The van der Waals surface area contributed by atoms with Crippen LogP contribution in [0.1, 0.15) is 39.1 Å². The van der Waals surface area contributed by atoms with E-state index in [1.165, 1.54) is 0 Å². The lowest BCUT2D eigenvalue weighted by atomic mass is 10.0. The lowest BCUT2D eigenvalue weighted by molar-refractivity contribution is 0.0719. The highest BCUT2D eigenvalue weighted by Gasteiger charge is 2.38. The van der Waals surface area contributed by atoms with Gasteiger partial charge in [-0.2, -0.15) is 0 Å². The fraction of sp³-hybridized carbons (Fsp3) is 0.300. The molecule has 1 N–H and O–H groups in total. The molecule has 134 valence electrons. The molecule has 0 radical (unpaired) electrons. The summed E-state index contributed by atoms with van der Waals surface area (Å²) < 4.78 is 0. The van der Waals surface area contributed by atoms with Gasteiger partial charge in [0.15, 0.2) is 0 Å². The quantitative estimate of drug-likeness (QED) is 0.903. The van der Waals surface area contributed by atoms with Crippen molar-refractivity contribution in [1.29, 1.82) is 0 Å². The van der Waals surface area contributed by atoms with Gasteiger partial charge in [0.25, 0.3) is 11.8 Å². The Morgan fingerprint density at radius 1 is 1.27 bits per heavy atom. The first-order valence-corrected chi connectivity index (χ1v) is 9.13. The third-order valence-corrected chi connectivity index (χ3v) is 5.57. The Morgan fingerprint density at radius 3 is 2.88 bits per heavy atom. The van der Waals surface area contributed by atoms with Crippen molar-refractivity contribution in [3.63, 3.8) is 0 Å². The average Bonchev–Trinajstić information content (AvgIpc) is 3.15. The van der Waals surface area contributed by atoms with E-state index in [0.29, 0.717) is 22.7 Å². The molecule has 0 saturated carbocycles. The van der Waals surface area contributed by atoms with Gasteiger partial charge in [-0.25, -0.2) is 0 Å². The molecule has 1 saturated heterocycles. The zero-order chi connectivity index (χ0) is 18.3. The zero-order valence-corrected chi connectivity index (χ0v) is 15.3. The van der Waals surface area contributed by atoms with Gasteiger partial charge in [-0.1, -0.05) is 29.8 Å². The highest BCUT2D eigenvalue weighted by atomic mass is 35.5. The number of amides is 2. The van der Waals surface area contributed by atoms with Crippen molar-refractivity contribution >= 4 is 29.1 Å². The van der Waals surface area contributed by atoms with Crippen LogP contribution >= 0.6 is 11.6 Å². The Kier molecular flexibility index (Phi) is 4.32. The van der Waals surface area contributed by atoms with Gasteiger partial charge in [0.2, 0.25) is 0 Å². The number of carbonyl (C=O) groups is 2. The van der Waals surface area contributed by atoms with Crippen molar-refractivity contribution in [2.45, 2.75) is 25.6 Å². The fourth-order valence-electron chi connectivity index (χ4n) is 3.77. The predicted molar refractivity (Wildman–Crippen MR) is 102 cm³/mol. The maximum absolute atomic E-state index is 12.7. The monoisotopic (exact) mass is 369 g/mol. The minimum Gasteiger partial charge on any atom is -0.354 e. The summed E-state index contributed by atoms with van der Waals surface area (Å²) >= 11 is 6.14. The van der Waals surface area contributed by atoms with E-state index in [4.69, 9.17) is 11.6 Å². The third kappa shape index (κ3) is 2.82. The van der Waals surface area contributed by atoms with Crippen molar-refractivity contribution in [2.24, 2.45) is 0 Å². The summed E-state index contributed by atoms with van der Waals surface area (Å²) in [5.41, 5.74) is 2.90. The largest absolute Gasteiger partial charge is 0.354 e. The van der Waals surface area contributed by atoms with E-state index in [9.17, 15) is 9.59 Å². The van der Waals surface area contributed by atoms with Gasteiger partial charge in [0.1, 0.15) is 6.17 Å². The molecule has 5 nitrogen and oxygen atoms in total. The first kappa shape index (κ1) is 16.9. The number of rotatable bonds is 3. The number of hydrogen-bond acceptors (Lipinski definition) is 3. The van der Waals surface area contributed by atoms with Crippen molar-refractivity contribution in [1.82, 2.24) is 10.2 Å². The van der Waals surface area contributed by atoms with Crippen molar-refractivity contribution in [2.75, 3.05) is 18.5 Å². The van der Waals surface area contributed by atoms with Crippen molar-refractivity contribution in [3.8, 4) is 0 Å². The molecule has 2 aliphatic heterocycles. The van der Waals surface area contributed by atoms with Crippen molar-refractivity contribution < 1.29 is 9.59 Å². The molecule has 2 amide bonds. The number of halogens is 1. The second kappa shape index (κ2) is 6.65. The Balaban J connectivity index is 1.55. The molecule has 2 aliphatic rings. The number of benzene rings is 2. The molecule has 0 aromatic heterocycles. The lowest BCUT2D eigenvalue weighted by Gasteiger charge is -2.40. The van der Waals surface area contributed by atoms with Crippen LogP contribution < -0.4 is 10.2 Å². The smallest absolute Gasteiger partial charge is 0.257 e. The van der Waals surface area contributed by atoms with Gasteiger partial charge < -0.3 is 15.1 Å². The molecule has 26 heavy (non-hydrogen) atoms. The standard InChI is InChI=1S/C20H20ClN3O2/c1-23-17-11-13(19(25)22-12-14-5-2-3-6-16(14)21)8-9-15(17)20(26)24-10-4-7-18(23)24/h2-3,5-6,8-9,11,18H,4,7,10,12H2,1H3,(H,22,25). The van der Waals surface area contributed by atoms with Crippen LogP contribution in [0.3, 0.4) is 0 Å². The minimum atomic E-state index is -0.178. The number of anilines is 1. The fourth-order valence-corrected chi connectivity index (χ4v) is 3.97. The summed E-state index contributed by atoms with van der Waals surface area (Å²) in [5, 5.41) is 3.53. The lowest BCUT2D eigenvalue weighted by Crippen LogP contribution is -2.50. The predicted octanol–water partition coefficient (Wildman–Crippen LogP) is 3.28. The summed E-state index contributed by atoms with van der Waals surface area (Å²) in [7, 11) is 1.99. The highest BCUT2D eigenvalue weighted by Crippen LogP contribution is 2.35. The van der Waals surface area contributed by atoms with E-state index in [-0.39, 0.29) is 18.0 Å². The topological polar surface area (TPSA) is 52.7 Å². The van der Waals surface area contributed by atoms with E-state index in [1.54, 1.807) is 18.2 Å². The Bertz CT molecular complexity index is 883. The third-order valence-electron chi connectivity index (χ3n) is 5.20. The molecule has 4 rings (SSSR count). The van der Waals surface area contributed by atoms with Crippen LogP contribution in [0.5, 0.6) is 0 Å². The zero-order valence-electron chi connectivity index (χ0n) is 14.5. The summed E-state index contributed by atoms with van der Waals surface area (Å²) in [6.45, 7) is 1.16. The van der Waals surface area contributed by atoms with Crippen molar-refractivity contribution in [3.05, 3.63) is 64.2 Å². The van der Waals surface area contributed by atoms with Gasteiger partial charge in [0, 0.05) is 30.7 Å². The number of fused-ring (bicyclic) bond motifs is 2. The molecule has 1 fully saturated rings. The van der Waals surface area contributed by atoms with E-state index in [1.807, 2.05) is 36.2 Å². The van der Waals surface area contributed by atoms with Crippen LogP contribution in [0.4, 0.5) is 5.69 Å². The average molecular weight is 370 g/mol. The molecular formula is C20H20ClN3O2. The molecule has 2 aromatic rings. The van der Waals surface area contributed by atoms with Gasteiger partial charge in [-0.05, 0) is 42.7 Å². The molecule has 6 heteroatoms. The van der Waals surface area contributed by atoms with Crippen LogP contribution in [0.2, 0.25) is 5.02 Å². The van der Waals surface area contributed by atoms with Gasteiger partial charge in [0.05, 0.1) is 11.3 Å². The summed E-state index contributed by atoms with van der Waals surface area (Å²) in [6.07, 6.45) is 2.07. The first-order chi connectivity index (χ1) is 12.6. The van der Waals surface area contributed by atoms with E-state index in [2.05, 4.69) is 10.2 Å². The normalized spacial score (nSPS) is 18.5. The van der Waals surface area contributed by atoms with Crippen LogP contribution in [0.25, 0.3) is 0 Å². The van der Waals surface area contributed by atoms with Crippen LogP contribution in [-0.4, -0.2) is 36.5 Å². The van der Waals surface area contributed by atoms with Crippen LogP contribution in [-0.2, 0) is 6.54 Å². The number of hydrogen-bond donors (Lipinski definition) is 1. The van der Waals surface area contributed by atoms with Gasteiger partial charge in [-0.3, -0.25) is 9.59 Å². The molecule has 0 aliphatic carbocycles. The molecule has 2 heterocycles. The van der Waals surface area contributed by atoms with E-state index in [0.717, 1.165) is 30.6 Å². The van der Waals surface area contributed by atoms with E-state index < -0.39 is 0 Å². The molecule has 1 unspecified atom stereocenters. The molecule has 2 aromatic carbocycles. The molecular weight excluding hydrogens is 350 g/mol. The minimum absolute atomic E-state index is 0.0589. The van der Waals surface area contributed by atoms with E-state index >= 15 is 0 Å². The van der Waals surface area contributed by atoms with Gasteiger partial charge >= 0.3 is 0 Å². The number of carbonyl (C=O) groups excluding carboxylic acids is 2. The Morgan fingerprint density at radius 2 is 2.08 bits per heavy atom. The van der Waals surface area contributed by atoms with Crippen LogP contribution in [0.15, 0.2) is 42.5 Å². The van der Waals surface area contributed by atoms with Crippen LogP contribution in [0, 0.1) is 0 Å². The summed E-state index contributed by atoms with van der Waals surface area (Å²) in [5.74, 6) is -0.119. The Hall–Kier alpha value is -2.53. The maximum Gasteiger partial charge on any atom is 0.257 e. The molecule has 0 bridgehead atoms. The number of nitrogens with one attached hydrogen (secondary N) is 1. The number of nitrogens with zero attached hydrogens (tertiary/aromatic N) is 2. The second-order valence-electron chi connectivity index (χ2n) is 6.74. The second-order valence-corrected chi connectivity index (χ2v) is 7.15. The maximum atomic E-state index is 12.7. The molecule has 1 atom stereocenters. The Labute approximate surface area is 157 Å². The first-order valence-electron chi connectivity index (χ1n) is 8.76. The highest BCUT2D eigenvalue weighted by molar-refractivity contribution is 6.31. The summed E-state index contributed by atoms with van der Waals surface area (Å²) in [6, 6.07) is 12.7.